The summed E-state index contributed by atoms with van der Waals surface area (Å²) in [5.74, 6) is -1.77. The van der Waals surface area contributed by atoms with Crippen LogP contribution in [0.5, 0.6) is 5.75 Å². The highest BCUT2D eigenvalue weighted by atomic mass is 32.2. The molecular formula is C10H11FN2O6S. The topological polar surface area (TPSA) is 122 Å². The summed E-state index contributed by atoms with van der Waals surface area (Å²) in [6, 6.07) is 1.25. The van der Waals surface area contributed by atoms with Crippen LogP contribution in [-0.4, -0.2) is 32.7 Å². The summed E-state index contributed by atoms with van der Waals surface area (Å²) in [5.41, 5.74) is -0.721. The Kier molecular flexibility index (Phi) is 3.88. The first-order chi connectivity index (χ1) is 9.29. The molecule has 2 N–H and O–H groups in total. The Hall–Kier alpha value is -1.78. The van der Waals surface area contributed by atoms with E-state index in [4.69, 9.17) is 14.6 Å². The number of primary sulfonamides is 1. The van der Waals surface area contributed by atoms with Crippen molar-refractivity contribution in [3.05, 3.63) is 28.1 Å². The SMILES string of the molecule is NS(=O)(=O)c1cc([N+](=O)[O-])cc(F)c1OC1CCOC1. The van der Waals surface area contributed by atoms with Crippen LogP contribution in [0.15, 0.2) is 17.0 Å². The number of nitro benzene ring substituents is 1. The molecule has 0 saturated carbocycles. The normalized spacial score (nSPS) is 19.0. The molecule has 0 aliphatic carbocycles. The van der Waals surface area contributed by atoms with Crippen molar-refractivity contribution in [2.24, 2.45) is 5.14 Å². The Balaban J connectivity index is 2.50. The van der Waals surface area contributed by atoms with E-state index in [1.807, 2.05) is 0 Å². The molecule has 1 atom stereocenters. The molecule has 1 heterocycles. The van der Waals surface area contributed by atoms with Gasteiger partial charge in [-0.2, -0.15) is 0 Å². The van der Waals surface area contributed by atoms with E-state index in [1.54, 1.807) is 0 Å². The molecule has 1 aromatic carbocycles. The Labute approximate surface area is 113 Å². The number of sulfonamides is 1. The zero-order chi connectivity index (χ0) is 14.9. The first kappa shape index (κ1) is 14.6. The van der Waals surface area contributed by atoms with E-state index in [1.165, 1.54) is 0 Å². The summed E-state index contributed by atoms with van der Waals surface area (Å²) in [7, 11) is -4.36. The average Bonchev–Trinajstić information content (AvgIpc) is 2.82. The third kappa shape index (κ3) is 3.03. The first-order valence-electron chi connectivity index (χ1n) is 5.54. The average molecular weight is 306 g/mol. The highest BCUT2D eigenvalue weighted by molar-refractivity contribution is 7.89. The summed E-state index contributed by atoms with van der Waals surface area (Å²) in [5, 5.41) is 15.6. The van der Waals surface area contributed by atoms with Crippen LogP contribution in [0.1, 0.15) is 6.42 Å². The van der Waals surface area contributed by atoms with E-state index in [-0.39, 0.29) is 6.61 Å². The number of ether oxygens (including phenoxy) is 2. The maximum absolute atomic E-state index is 13.9. The predicted octanol–water partition coefficient (Wildman–Crippen LogP) is 0.549. The fourth-order valence-corrected chi connectivity index (χ4v) is 2.45. The van der Waals surface area contributed by atoms with Gasteiger partial charge in [0, 0.05) is 12.5 Å². The van der Waals surface area contributed by atoms with Crippen molar-refractivity contribution in [2.75, 3.05) is 13.2 Å². The summed E-state index contributed by atoms with van der Waals surface area (Å²) in [6.45, 7) is 0.588. The number of nitrogens with two attached hydrogens (primary N) is 1. The lowest BCUT2D eigenvalue weighted by Gasteiger charge is -2.15. The third-order valence-corrected chi connectivity index (χ3v) is 3.60. The molecule has 0 radical (unpaired) electrons. The minimum absolute atomic E-state index is 0.181. The second-order valence-corrected chi connectivity index (χ2v) is 5.69. The molecule has 0 amide bonds. The number of hydrogen-bond donors (Lipinski definition) is 1. The standard InChI is InChI=1S/C10H11FN2O6S/c11-8-3-6(13(14)15)4-9(20(12,16)17)10(8)19-7-1-2-18-5-7/h3-4,7H,1-2,5H2,(H2,12,16,17). The molecule has 1 unspecified atom stereocenters. The summed E-state index contributed by atoms with van der Waals surface area (Å²) < 4.78 is 47.0. The molecule has 10 heteroatoms. The van der Waals surface area contributed by atoms with Crippen molar-refractivity contribution in [1.82, 2.24) is 0 Å². The van der Waals surface area contributed by atoms with Crippen molar-refractivity contribution in [3.8, 4) is 5.75 Å². The molecule has 8 nitrogen and oxygen atoms in total. The molecule has 1 aromatic rings. The maximum Gasteiger partial charge on any atom is 0.274 e. The van der Waals surface area contributed by atoms with Crippen LogP contribution in [0.25, 0.3) is 0 Å². The van der Waals surface area contributed by atoms with Gasteiger partial charge < -0.3 is 9.47 Å². The van der Waals surface area contributed by atoms with Gasteiger partial charge in [0.15, 0.2) is 11.6 Å². The van der Waals surface area contributed by atoms with Crippen molar-refractivity contribution in [1.29, 1.82) is 0 Å². The van der Waals surface area contributed by atoms with Gasteiger partial charge in [0.2, 0.25) is 10.0 Å². The fraction of sp³-hybridized carbons (Fsp3) is 0.400. The molecule has 20 heavy (non-hydrogen) atoms. The van der Waals surface area contributed by atoms with E-state index in [9.17, 15) is 22.9 Å². The molecule has 0 spiro atoms. The largest absolute Gasteiger partial charge is 0.483 e. The van der Waals surface area contributed by atoms with Crippen molar-refractivity contribution >= 4 is 15.7 Å². The van der Waals surface area contributed by atoms with Crippen molar-refractivity contribution in [2.45, 2.75) is 17.4 Å². The fourth-order valence-electron chi connectivity index (χ4n) is 1.76. The van der Waals surface area contributed by atoms with Crippen LogP contribution < -0.4 is 9.88 Å². The molecule has 0 bridgehead atoms. The lowest BCUT2D eigenvalue weighted by molar-refractivity contribution is -0.385. The number of nitrogens with zero attached hydrogens (tertiary/aromatic N) is 1. The first-order valence-corrected chi connectivity index (χ1v) is 7.09. The molecule has 110 valence electrons. The predicted molar refractivity (Wildman–Crippen MR) is 64.3 cm³/mol. The number of benzene rings is 1. The molecule has 1 fully saturated rings. The van der Waals surface area contributed by atoms with Gasteiger partial charge in [0.1, 0.15) is 11.0 Å². The molecule has 2 rings (SSSR count). The summed E-state index contributed by atoms with van der Waals surface area (Å²) >= 11 is 0. The molecular weight excluding hydrogens is 295 g/mol. The van der Waals surface area contributed by atoms with Gasteiger partial charge in [-0.1, -0.05) is 0 Å². The number of rotatable bonds is 4. The van der Waals surface area contributed by atoms with Crippen LogP contribution in [0, 0.1) is 15.9 Å². The molecule has 1 aliphatic heterocycles. The number of hydrogen-bond acceptors (Lipinski definition) is 6. The van der Waals surface area contributed by atoms with Gasteiger partial charge in [0.25, 0.3) is 5.69 Å². The quantitative estimate of drug-likeness (QED) is 0.640. The second-order valence-electron chi connectivity index (χ2n) is 4.16. The number of nitro groups is 1. The van der Waals surface area contributed by atoms with E-state index in [0.717, 1.165) is 0 Å². The van der Waals surface area contributed by atoms with Crippen molar-refractivity contribution in [3.63, 3.8) is 0 Å². The van der Waals surface area contributed by atoms with E-state index in [0.29, 0.717) is 25.2 Å². The van der Waals surface area contributed by atoms with Crippen LogP contribution in [0.4, 0.5) is 10.1 Å². The van der Waals surface area contributed by atoms with Crippen molar-refractivity contribution < 1.29 is 27.2 Å². The van der Waals surface area contributed by atoms with Gasteiger partial charge in [-0.3, -0.25) is 10.1 Å². The Morgan fingerprint density at radius 3 is 2.70 bits per heavy atom. The highest BCUT2D eigenvalue weighted by Gasteiger charge is 2.28. The third-order valence-electron chi connectivity index (χ3n) is 2.68. The van der Waals surface area contributed by atoms with Crippen LogP contribution in [-0.2, 0) is 14.8 Å². The van der Waals surface area contributed by atoms with Crippen LogP contribution in [0.2, 0.25) is 0 Å². The van der Waals surface area contributed by atoms with E-state index < -0.39 is 43.2 Å². The monoisotopic (exact) mass is 306 g/mol. The van der Waals surface area contributed by atoms with Gasteiger partial charge >= 0.3 is 0 Å². The van der Waals surface area contributed by atoms with E-state index in [2.05, 4.69) is 0 Å². The van der Waals surface area contributed by atoms with Gasteiger partial charge in [0.05, 0.1) is 24.2 Å². The minimum atomic E-state index is -4.36. The molecule has 0 aromatic heterocycles. The van der Waals surface area contributed by atoms with Gasteiger partial charge in [-0.25, -0.2) is 17.9 Å². The lowest BCUT2D eigenvalue weighted by atomic mass is 10.2. The van der Waals surface area contributed by atoms with Gasteiger partial charge in [-0.05, 0) is 0 Å². The maximum atomic E-state index is 13.9. The summed E-state index contributed by atoms with van der Waals surface area (Å²) in [6.07, 6.45) is -0.0630. The van der Waals surface area contributed by atoms with E-state index >= 15 is 0 Å². The second kappa shape index (κ2) is 5.31. The number of halogens is 1. The number of non-ortho nitro benzene ring substituents is 1. The zero-order valence-corrected chi connectivity index (χ0v) is 10.9. The highest BCUT2D eigenvalue weighted by Crippen LogP contribution is 2.32. The molecule has 1 saturated heterocycles. The Morgan fingerprint density at radius 1 is 1.50 bits per heavy atom. The smallest absolute Gasteiger partial charge is 0.274 e. The Morgan fingerprint density at radius 2 is 2.20 bits per heavy atom. The lowest BCUT2D eigenvalue weighted by Crippen LogP contribution is -2.21. The van der Waals surface area contributed by atoms with Crippen LogP contribution in [0.3, 0.4) is 0 Å². The minimum Gasteiger partial charge on any atom is -0.483 e. The zero-order valence-electron chi connectivity index (χ0n) is 10.1. The van der Waals surface area contributed by atoms with Crippen LogP contribution >= 0.6 is 0 Å². The van der Waals surface area contributed by atoms with Gasteiger partial charge in [-0.15, -0.1) is 0 Å². The Bertz CT molecular complexity index is 641. The molecule has 1 aliphatic rings. The summed E-state index contributed by atoms with van der Waals surface area (Å²) in [4.78, 5) is 8.96.